The van der Waals surface area contributed by atoms with Gasteiger partial charge in [-0.2, -0.15) is 0 Å². The lowest BCUT2D eigenvalue weighted by Gasteiger charge is -2.28. The monoisotopic (exact) mass is 340 g/mol. The Labute approximate surface area is 149 Å². The van der Waals surface area contributed by atoms with E-state index in [0.29, 0.717) is 18.8 Å². The normalized spacial score (nSPS) is 21.4. The summed E-state index contributed by atoms with van der Waals surface area (Å²) in [6, 6.07) is 0. The van der Waals surface area contributed by atoms with Gasteiger partial charge in [-0.05, 0) is 42.2 Å². The number of halogens is 2. The van der Waals surface area contributed by atoms with Crippen LogP contribution in [0.25, 0.3) is 0 Å². The van der Waals surface area contributed by atoms with Crippen LogP contribution >= 0.6 is 0 Å². The quantitative estimate of drug-likeness (QED) is 0.389. The summed E-state index contributed by atoms with van der Waals surface area (Å²) in [5, 5.41) is 0. The number of allylic oxidation sites excluding steroid dienone is 4. The van der Waals surface area contributed by atoms with Crippen LogP contribution in [0.2, 0.25) is 0 Å². The standard InChI is InChI=1S/C19H30F2.C3H8/c1-5-7-16-10-12-17(13-11-16)9-8-15(4)19(21)18(20)14(3)6-2;1-3-2/h16-17H,3-13H2,1-2H3;3H2,1-2H3/b19-18-;. The number of hydrogen-bond acceptors (Lipinski definition) is 0. The second kappa shape index (κ2) is 13.4. The van der Waals surface area contributed by atoms with Gasteiger partial charge in [0.25, 0.3) is 0 Å². The van der Waals surface area contributed by atoms with Crippen molar-refractivity contribution in [2.45, 2.75) is 91.9 Å². The zero-order valence-electron chi connectivity index (χ0n) is 16.4. The fourth-order valence-electron chi connectivity index (χ4n) is 3.17. The van der Waals surface area contributed by atoms with E-state index in [1.807, 2.05) is 0 Å². The number of rotatable bonds is 8. The van der Waals surface area contributed by atoms with E-state index in [4.69, 9.17) is 0 Å². The van der Waals surface area contributed by atoms with Crippen molar-refractivity contribution in [2.75, 3.05) is 0 Å². The van der Waals surface area contributed by atoms with Crippen LogP contribution in [0.1, 0.15) is 91.9 Å². The molecule has 2 heteroatoms. The first-order valence-electron chi connectivity index (χ1n) is 9.82. The van der Waals surface area contributed by atoms with E-state index in [-0.39, 0.29) is 11.1 Å². The third kappa shape index (κ3) is 8.80. The summed E-state index contributed by atoms with van der Waals surface area (Å²) in [6.07, 6.45) is 10.8. The molecule has 0 amide bonds. The molecule has 1 aliphatic rings. The molecule has 0 heterocycles. The zero-order valence-corrected chi connectivity index (χ0v) is 16.4. The second-order valence-corrected chi connectivity index (χ2v) is 7.11. The summed E-state index contributed by atoms with van der Waals surface area (Å²) in [6.45, 7) is 15.5. The van der Waals surface area contributed by atoms with E-state index in [0.717, 1.165) is 12.3 Å². The van der Waals surface area contributed by atoms with Crippen LogP contribution in [-0.4, -0.2) is 0 Å². The molecule has 1 rings (SSSR count). The summed E-state index contributed by atoms with van der Waals surface area (Å²) in [7, 11) is 0. The minimum atomic E-state index is -0.811. The summed E-state index contributed by atoms with van der Waals surface area (Å²) in [5.41, 5.74) is 0.506. The highest BCUT2D eigenvalue weighted by Gasteiger charge is 2.21. The highest BCUT2D eigenvalue weighted by molar-refractivity contribution is 5.34. The van der Waals surface area contributed by atoms with Gasteiger partial charge in [-0.15, -0.1) is 0 Å². The van der Waals surface area contributed by atoms with Crippen LogP contribution in [0, 0.1) is 11.8 Å². The Bertz CT molecular complexity index is 398. The molecule has 0 saturated heterocycles. The molecular weight excluding hydrogens is 302 g/mol. The maximum Gasteiger partial charge on any atom is 0.161 e. The van der Waals surface area contributed by atoms with Gasteiger partial charge in [0.15, 0.2) is 11.7 Å². The van der Waals surface area contributed by atoms with E-state index in [1.165, 1.54) is 44.9 Å². The molecular formula is C22H38F2. The Morgan fingerprint density at radius 1 is 0.792 bits per heavy atom. The first-order valence-corrected chi connectivity index (χ1v) is 9.82. The van der Waals surface area contributed by atoms with Crippen molar-refractivity contribution < 1.29 is 8.78 Å². The van der Waals surface area contributed by atoms with Crippen LogP contribution in [0.15, 0.2) is 36.0 Å². The Balaban J connectivity index is 0.00000163. The van der Waals surface area contributed by atoms with Gasteiger partial charge in [-0.1, -0.05) is 85.8 Å². The molecule has 0 unspecified atom stereocenters. The summed E-state index contributed by atoms with van der Waals surface area (Å²) < 4.78 is 27.6. The molecule has 24 heavy (non-hydrogen) atoms. The van der Waals surface area contributed by atoms with Gasteiger partial charge in [-0.25, -0.2) is 8.78 Å². The molecule has 1 saturated carbocycles. The maximum absolute atomic E-state index is 13.9. The van der Waals surface area contributed by atoms with Crippen LogP contribution in [0.5, 0.6) is 0 Å². The van der Waals surface area contributed by atoms with E-state index in [1.54, 1.807) is 6.92 Å². The average molecular weight is 341 g/mol. The van der Waals surface area contributed by atoms with Gasteiger partial charge in [0.05, 0.1) is 0 Å². The first-order chi connectivity index (χ1) is 11.4. The predicted molar refractivity (Wildman–Crippen MR) is 103 cm³/mol. The van der Waals surface area contributed by atoms with Crippen molar-refractivity contribution >= 4 is 0 Å². The van der Waals surface area contributed by atoms with Crippen LogP contribution < -0.4 is 0 Å². The lowest BCUT2D eigenvalue weighted by molar-refractivity contribution is 0.252. The molecule has 0 spiro atoms. The van der Waals surface area contributed by atoms with Crippen molar-refractivity contribution in [3.05, 3.63) is 36.0 Å². The third-order valence-corrected chi connectivity index (χ3v) is 4.76. The summed E-state index contributed by atoms with van der Waals surface area (Å²) in [5.74, 6) is -0.0628. The number of hydrogen-bond donors (Lipinski definition) is 0. The average Bonchev–Trinajstić information content (AvgIpc) is 2.59. The summed E-state index contributed by atoms with van der Waals surface area (Å²) in [4.78, 5) is 0. The minimum absolute atomic E-state index is 0.216. The molecule has 0 bridgehead atoms. The molecule has 0 aromatic rings. The van der Waals surface area contributed by atoms with E-state index < -0.39 is 11.7 Å². The van der Waals surface area contributed by atoms with Crippen LogP contribution in [0.4, 0.5) is 8.78 Å². The van der Waals surface area contributed by atoms with Crippen LogP contribution in [0.3, 0.4) is 0 Å². The molecule has 1 aliphatic carbocycles. The fraction of sp³-hybridized carbons (Fsp3) is 0.727. The van der Waals surface area contributed by atoms with Gasteiger partial charge in [0, 0.05) is 0 Å². The van der Waals surface area contributed by atoms with Crippen molar-refractivity contribution in [1.82, 2.24) is 0 Å². The molecule has 0 radical (unpaired) electrons. The van der Waals surface area contributed by atoms with Gasteiger partial charge in [0.2, 0.25) is 0 Å². The summed E-state index contributed by atoms with van der Waals surface area (Å²) >= 11 is 0. The Morgan fingerprint density at radius 2 is 1.21 bits per heavy atom. The van der Waals surface area contributed by atoms with Gasteiger partial charge in [-0.3, -0.25) is 0 Å². The molecule has 0 nitrogen and oxygen atoms in total. The molecule has 0 aromatic heterocycles. The highest BCUT2D eigenvalue weighted by atomic mass is 19.2. The smallest absolute Gasteiger partial charge is 0.161 e. The van der Waals surface area contributed by atoms with E-state index >= 15 is 0 Å². The predicted octanol–water partition coefficient (Wildman–Crippen LogP) is 8.46. The van der Waals surface area contributed by atoms with Crippen molar-refractivity contribution in [2.24, 2.45) is 11.8 Å². The Kier molecular flexibility index (Phi) is 12.9. The van der Waals surface area contributed by atoms with Crippen LogP contribution in [-0.2, 0) is 0 Å². The van der Waals surface area contributed by atoms with Gasteiger partial charge >= 0.3 is 0 Å². The highest BCUT2D eigenvalue weighted by Crippen LogP contribution is 2.35. The first kappa shape index (κ1) is 23.1. The SMILES string of the molecule is C=C(CC)/C(F)=C(/F)C(=C)CCC1CCC(CCC)CC1.CCC. The second-order valence-electron chi connectivity index (χ2n) is 7.11. The third-order valence-electron chi connectivity index (χ3n) is 4.76. The molecule has 1 fully saturated rings. The van der Waals surface area contributed by atoms with Crippen molar-refractivity contribution in [1.29, 1.82) is 0 Å². The topological polar surface area (TPSA) is 0 Å². The Hall–Kier alpha value is -0.920. The minimum Gasteiger partial charge on any atom is -0.203 e. The zero-order chi connectivity index (χ0) is 18.5. The van der Waals surface area contributed by atoms with Crippen molar-refractivity contribution in [3.63, 3.8) is 0 Å². The lowest BCUT2D eigenvalue weighted by atomic mass is 9.78. The molecule has 0 atom stereocenters. The molecule has 140 valence electrons. The Morgan fingerprint density at radius 3 is 1.62 bits per heavy atom. The lowest BCUT2D eigenvalue weighted by Crippen LogP contribution is -2.14. The largest absolute Gasteiger partial charge is 0.203 e. The van der Waals surface area contributed by atoms with Gasteiger partial charge in [0.1, 0.15) is 0 Å². The fourth-order valence-corrected chi connectivity index (χ4v) is 3.17. The molecule has 0 aliphatic heterocycles. The van der Waals surface area contributed by atoms with Crippen molar-refractivity contribution in [3.8, 4) is 0 Å². The van der Waals surface area contributed by atoms with E-state index in [9.17, 15) is 8.78 Å². The molecule has 0 N–H and O–H groups in total. The maximum atomic E-state index is 13.9. The molecule has 0 aromatic carbocycles. The van der Waals surface area contributed by atoms with Gasteiger partial charge < -0.3 is 0 Å². The van der Waals surface area contributed by atoms with E-state index in [2.05, 4.69) is 33.9 Å².